The fourth-order valence-corrected chi connectivity index (χ4v) is 0.644. The monoisotopic (exact) mass is 161 g/mol. The summed E-state index contributed by atoms with van der Waals surface area (Å²) < 4.78 is 12.6. The Balaban J connectivity index is 3.34. The molecule has 0 unspecified atom stereocenters. The molecule has 1 aromatic rings. The molecule has 0 bridgehead atoms. The van der Waals surface area contributed by atoms with Gasteiger partial charge < -0.3 is 11.5 Å². The number of hydrogen-bond donors (Lipinski definition) is 2. The van der Waals surface area contributed by atoms with E-state index in [0.717, 1.165) is 6.20 Å². The van der Waals surface area contributed by atoms with Gasteiger partial charge in [-0.25, -0.2) is 9.37 Å². The number of aromatic nitrogens is 1. The highest BCUT2D eigenvalue weighted by molar-refractivity contribution is 6.31. The van der Waals surface area contributed by atoms with Crippen molar-refractivity contribution < 1.29 is 4.39 Å². The molecule has 1 aromatic heterocycles. The largest absolute Gasteiger partial charge is 0.393 e. The summed E-state index contributed by atoms with van der Waals surface area (Å²) >= 11 is 5.31. The van der Waals surface area contributed by atoms with Crippen LogP contribution in [0.2, 0.25) is 5.02 Å². The van der Waals surface area contributed by atoms with Gasteiger partial charge in [-0.2, -0.15) is 0 Å². The minimum Gasteiger partial charge on any atom is -0.393 e. The van der Waals surface area contributed by atoms with Gasteiger partial charge in [0.05, 0.1) is 11.2 Å². The van der Waals surface area contributed by atoms with Crippen molar-refractivity contribution in [2.75, 3.05) is 11.5 Å². The van der Waals surface area contributed by atoms with Crippen LogP contribution in [0, 0.1) is 5.82 Å². The van der Waals surface area contributed by atoms with Gasteiger partial charge in [-0.15, -0.1) is 0 Å². The van der Waals surface area contributed by atoms with E-state index in [0.29, 0.717) is 0 Å². The van der Waals surface area contributed by atoms with Crippen molar-refractivity contribution in [3.05, 3.63) is 17.0 Å². The molecule has 3 nitrogen and oxygen atoms in total. The van der Waals surface area contributed by atoms with Gasteiger partial charge in [0.25, 0.3) is 0 Å². The maximum atomic E-state index is 12.6. The molecular formula is C5H5ClFN3. The second-order valence-corrected chi connectivity index (χ2v) is 2.13. The molecule has 0 aliphatic heterocycles. The molecule has 4 N–H and O–H groups in total. The Bertz CT molecular complexity index is 236. The van der Waals surface area contributed by atoms with Crippen LogP contribution in [0.15, 0.2) is 6.20 Å². The van der Waals surface area contributed by atoms with Crippen LogP contribution in [0.25, 0.3) is 0 Å². The lowest BCUT2D eigenvalue weighted by Crippen LogP contribution is -2.00. The maximum Gasteiger partial charge on any atom is 0.170 e. The van der Waals surface area contributed by atoms with Gasteiger partial charge in [0, 0.05) is 0 Å². The van der Waals surface area contributed by atoms with Gasteiger partial charge in [-0.1, -0.05) is 11.6 Å². The Morgan fingerprint density at radius 1 is 1.50 bits per heavy atom. The summed E-state index contributed by atoms with van der Waals surface area (Å²) in [5.41, 5.74) is 10.1. The van der Waals surface area contributed by atoms with Crippen LogP contribution in [0.1, 0.15) is 0 Å². The van der Waals surface area contributed by atoms with Crippen LogP contribution in [0.5, 0.6) is 0 Å². The third-order valence-corrected chi connectivity index (χ3v) is 1.30. The number of halogens is 2. The average molecular weight is 162 g/mol. The number of nitrogens with zero attached hydrogens (tertiary/aromatic N) is 1. The highest BCUT2D eigenvalue weighted by Crippen LogP contribution is 2.22. The smallest absolute Gasteiger partial charge is 0.170 e. The number of rotatable bonds is 0. The zero-order valence-corrected chi connectivity index (χ0v) is 5.69. The lowest BCUT2D eigenvalue weighted by atomic mass is 10.4. The summed E-state index contributed by atoms with van der Waals surface area (Å²) in [6.45, 7) is 0. The Kier molecular flexibility index (Phi) is 1.63. The molecule has 0 aromatic carbocycles. The van der Waals surface area contributed by atoms with Crippen LogP contribution in [0.4, 0.5) is 15.9 Å². The van der Waals surface area contributed by atoms with E-state index < -0.39 is 5.82 Å². The van der Waals surface area contributed by atoms with Crippen molar-refractivity contribution in [1.29, 1.82) is 0 Å². The van der Waals surface area contributed by atoms with Crippen molar-refractivity contribution in [1.82, 2.24) is 4.98 Å². The Labute approximate surface area is 61.8 Å². The third kappa shape index (κ3) is 0.974. The summed E-state index contributed by atoms with van der Waals surface area (Å²) in [6, 6.07) is 0. The van der Waals surface area contributed by atoms with Crippen LogP contribution < -0.4 is 11.5 Å². The third-order valence-electron chi connectivity index (χ3n) is 1.04. The highest BCUT2D eigenvalue weighted by Gasteiger charge is 2.06. The number of pyridine rings is 1. The fraction of sp³-hybridized carbons (Fsp3) is 0. The Morgan fingerprint density at radius 2 is 2.10 bits per heavy atom. The summed E-state index contributed by atoms with van der Waals surface area (Å²) in [6.07, 6.45) is 1.11. The number of hydrogen-bond acceptors (Lipinski definition) is 3. The molecule has 0 amide bonds. The highest BCUT2D eigenvalue weighted by atomic mass is 35.5. The molecule has 1 rings (SSSR count). The number of anilines is 2. The zero-order valence-electron chi connectivity index (χ0n) is 4.94. The first-order valence-electron chi connectivity index (χ1n) is 2.48. The molecule has 0 radical (unpaired) electrons. The maximum absolute atomic E-state index is 12.6. The lowest BCUT2D eigenvalue weighted by molar-refractivity contribution is 0.631. The lowest BCUT2D eigenvalue weighted by Gasteiger charge is -1.99. The topological polar surface area (TPSA) is 64.9 Å². The van der Waals surface area contributed by atoms with E-state index in [1.807, 2.05) is 0 Å². The second-order valence-electron chi connectivity index (χ2n) is 1.72. The standard InChI is InChI=1S/C5H5ClFN3/c6-2-1-10-5(9)4(8)3(2)7/h1H,8H2,(H2,9,10). The molecule has 0 aliphatic rings. The summed E-state index contributed by atoms with van der Waals surface area (Å²) in [5, 5.41) is -0.119. The first kappa shape index (κ1) is 7.08. The summed E-state index contributed by atoms with van der Waals surface area (Å²) in [5.74, 6) is -0.754. The second kappa shape index (κ2) is 2.30. The molecule has 0 spiro atoms. The zero-order chi connectivity index (χ0) is 7.72. The van der Waals surface area contributed by atoms with E-state index in [2.05, 4.69) is 4.98 Å². The van der Waals surface area contributed by atoms with Gasteiger partial charge in [0.15, 0.2) is 5.82 Å². The van der Waals surface area contributed by atoms with Gasteiger partial charge in [-0.3, -0.25) is 0 Å². The predicted molar refractivity (Wildman–Crippen MR) is 38.0 cm³/mol. The number of nitrogen functional groups attached to an aromatic ring is 2. The average Bonchev–Trinajstić information content (AvgIpc) is 1.93. The van der Waals surface area contributed by atoms with E-state index in [-0.39, 0.29) is 16.5 Å². The van der Waals surface area contributed by atoms with Crippen molar-refractivity contribution >= 4 is 23.1 Å². The van der Waals surface area contributed by atoms with E-state index in [1.165, 1.54) is 0 Å². The van der Waals surface area contributed by atoms with Crippen molar-refractivity contribution in [2.24, 2.45) is 0 Å². The first-order chi connectivity index (χ1) is 4.63. The normalized spacial score (nSPS) is 9.80. The van der Waals surface area contributed by atoms with Gasteiger partial charge in [0.2, 0.25) is 0 Å². The minimum absolute atomic E-state index is 0.0399. The Morgan fingerprint density at radius 3 is 2.60 bits per heavy atom. The molecular weight excluding hydrogens is 157 g/mol. The molecule has 1 heterocycles. The Hall–Kier alpha value is -1.03. The quantitative estimate of drug-likeness (QED) is 0.598. The molecule has 0 atom stereocenters. The van der Waals surface area contributed by atoms with Crippen molar-refractivity contribution in [3.63, 3.8) is 0 Å². The molecule has 5 heteroatoms. The molecule has 0 fully saturated rings. The van der Waals surface area contributed by atoms with E-state index in [9.17, 15) is 4.39 Å². The van der Waals surface area contributed by atoms with Crippen LogP contribution in [-0.4, -0.2) is 4.98 Å². The van der Waals surface area contributed by atoms with Crippen molar-refractivity contribution in [2.45, 2.75) is 0 Å². The molecule has 0 aliphatic carbocycles. The fourth-order valence-electron chi connectivity index (χ4n) is 0.494. The predicted octanol–water partition coefficient (Wildman–Crippen LogP) is 1.04. The first-order valence-corrected chi connectivity index (χ1v) is 2.85. The van der Waals surface area contributed by atoms with Gasteiger partial charge in [0.1, 0.15) is 11.5 Å². The van der Waals surface area contributed by atoms with Gasteiger partial charge in [-0.05, 0) is 0 Å². The van der Waals surface area contributed by atoms with E-state index in [1.54, 1.807) is 0 Å². The van der Waals surface area contributed by atoms with E-state index >= 15 is 0 Å². The molecule has 0 saturated carbocycles. The molecule has 54 valence electrons. The van der Waals surface area contributed by atoms with Crippen LogP contribution >= 0.6 is 11.6 Å². The van der Waals surface area contributed by atoms with Crippen molar-refractivity contribution in [3.8, 4) is 0 Å². The van der Waals surface area contributed by atoms with Gasteiger partial charge >= 0.3 is 0 Å². The molecule has 0 saturated heterocycles. The summed E-state index contributed by atoms with van der Waals surface area (Å²) in [4.78, 5) is 3.52. The molecule has 10 heavy (non-hydrogen) atoms. The summed E-state index contributed by atoms with van der Waals surface area (Å²) in [7, 11) is 0. The minimum atomic E-state index is -0.714. The SMILES string of the molecule is Nc1ncc(Cl)c(F)c1N. The van der Waals surface area contributed by atoms with E-state index in [4.69, 9.17) is 23.1 Å². The van der Waals surface area contributed by atoms with Crippen LogP contribution in [-0.2, 0) is 0 Å². The number of nitrogens with two attached hydrogens (primary N) is 2. The van der Waals surface area contributed by atoms with Crippen LogP contribution in [0.3, 0.4) is 0 Å².